The van der Waals surface area contributed by atoms with Gasteiger partial charge in [-0.15, -0.1) is 0 Å². The molecular weight excluding hydrogens is 472 g/mol. The van der Waals surface area contributed by atoms with Gasteiger partial charge in [-0.25, -0.2) is 4.79 Å². The van der Waals surface area contributed by atoms with Crippen LogP contribution in [-0.4, -0.2) is 44.8 Å². The lowest BCUT2D eigenvalue weighted by molar-refractivity contribution is 0.178. The highest BCUT2D eigenvalue weighted by Crippen LogP contribution is 2.34. The monoisotopic (exact) mass is 504 g/mol. The Morgan fingerprint density at radius 3 is 2.50 bits per heavy atom. The first-order chi connectivity index (χ1) is 15.5. The topological polar surface area (TPSA) is 51.2 Å². The Morgan fingerprint density at radius 2 is 1.78 bits per heavy atom. The summed E-state index contributed by atoms with van der Waals surface area (Å²) >= 11 is 3.48. The third-order valence-corrected chi connectivity index (χ3v) is 6.10. The average Bonchev–Trinajstić information content (AvgIpc) is 2.79. The van der Waals surface area contributed by atoms with Crippen LogP contribution in [-0.2, 0) is 6.54 Å². The summed E-state index contributed by atoms with van der Waals surface area (Å²) in [6.07, 6.45) is 3.25. The molecule has 2 amide bonds. The van der Waals surface area contributed by atoms with Gasteiger partial charge in [0.2, 0.25) is 0 Å². The Hall–Kier alpha value is -2.41. The van der Waals surface area contributed by atoms with E-state index in [0.29, 0.717) is 43.7 Å². The maximum atomic E-state index is 13.4. The van der Waals surface area contributed by atoms with Crippen LogP contribution in [0.25, 0.3) is 0 Å². The fourth-order valence-electron chi connectivity index (χ4n) is 3.96. The Morgan fingerprint density at radius 1 is 1.00 bits per heavy atom. The van der Waals surface area contributed by atoms with Gasteiger partial charge in [0.25, 0.3) is 0 Å². The Kier molecular flexibility index (Phi) is 8.67. The maximum Gasteiger partial charge on any atom is 0.324 e. The van der Waals surface area contributed by atoms with Gasteiger partial charge in [0, 0.05) is 34.9 Å². The SMILES string of the molecule is CCCCCOc1cc(N2CC(C)CN(Cc3ccc(Br)cc3OC)C2=O)ccc1OC. The molecule has 1 aliphatic heterocycles. The quantitative estimate of drug-likeness (QED) is 0.366. The summed E-state index contributed by atoms with van der Waals surface area (Å²) in [4.78, 5) is 17.1. The number of carbonyl (C=O) groups excluding carboxylic acids is 1. The fourth-order valence-corrected chi connectivity index (χ4v) is 4.30. The van der Waals surface area contributed by atoms with E-state index in [9.17, 15) is 4.79 Å². The zero-order chi connectivity index (χ0) is 23.1. The van der Waals surface area contributed by atoms with Gasteiger partial charge in [0.05, 0.1) is 27.4 Å². The molecule has 1 unspecified atom stereocenters. The first-order valence-corrected chi connectivity index (χ1v) is 12.0. The van der Waals surface area contributed by atoms with Crippen molar-refractivity contribution in [1.82, 2.24) is 4.90 Å². The van der Waals surface area contributed by atoms with Gasteiger partial charge in [-0.3, -0.25) is 4.90 Å². The van der Waals surface area contributed by atoms with Gasteiger partial charge in [-0.05, 0) is 36.6 Å². The molecule has 0 saturated carbocycles. The van der Waals surface area contributed by atoms with Crippen molar-refractivity contribution in [3.63, 3.8) is 0 Å². The second-order valence-corrected chi connectivity index (χ2v) is 9.14. The highest BCUT2D eigenvalue weighted by atomic mass is 79.9. The minimum absolute atomic E-state index is 0.0184. The molecule has 174 valence electrons. The molecule has 1 fully saturated rings. The number of hydrogen-bond donors (Lipinski definition) is 0. The van der Waals surface area contributed by atoms with Crippen molar-refractivity contribution in [3.8, 4) is 17.2 Å². The minimum atomic E-state index is -0.0184. The van der Waals surface area contributed by atoms with Crippen LogP contribution in [0.15, 0.2) is 40.9 Å². The van der Waals surface area contributed by atoms with Crippen molar-refractivity contribution in [1.29, 1.82) is 0 Å². The molecule has 0 spiro atoms. The van der Waals surface area contributed by atoms with Crippen molar-refractivity contribution >= 4 is 27.6 Å². The molecule has 0 aromatic heterocycles. The lowest BCUT2D eigenvalue weighted by Gasteiger charge is -2.39. The number of urea groups is 1. The molecule has 2 aromatic rings. The number of ether oxygens (including phenoxy) is 3. The summed E-state index contributed by atoms with van der Waals surface area (Å²) in [7, 11) is 3.28. The van der Waals surface area contributed by atoms with Gasteiger partial charge in [-0.1, -0.05) is 48.7 Å². The van der Waals surface area contributed by atoms with Gasteiger partial charge in [-0.2, -0.15) is 0 Å². The van der Waals surface area contributed by atoms with E-state index in [2.05, 4.69) is 29.8 Å². The molecule has 1 aliphatic rings. The van der Waals surface area contributed by atoms with E-state index >= 15 is 0 Å². The molecular formula is C25H33BrN2O4. The number of nitrogens with zero attached hydrogens (tertiary/aromatic N) is 2. The van der Waals surface area contributed by atoms with E-state index in [1.54, 1.807) is 14.2 Å². The molecule has 0 aliphatic carbocycles. The second kappa shape index (κ2) is 11.5. The number of methoxy groups -OCH3 is 2. The molecule has 7 heteroatoms. The fraction of sp³-hybridized carbons (Fsp3) is 0.480. The Balaban J connectivity index is 1.81. The molecule has 32 heavy (non-hydrogen) atoms. The van der Waals surface area contributed by atoms with E-state index in [1.165, 1.54) is 0 Å². The van der Waals surface area contributed by atoms with Gasteiger partial charge in [0.1, 0.15) is 5.75 Å². The van der Waals surface area contributed by atoms with E-state index in [0.717, 1.165) is 40.7 Å². The third-order valence-electron chi connectivity index (χ3n) is 5.60. The summed E-state index contributed by atoms with van der Waals surface area (Å²) in [5.41, 5.74) is 1.80. The van der Waals surface area contributed by atoms with Crippen LogP contribution in [0.4, 0.5) is 10.5 Å². The predicted molar refractivity (Wildman–Crippen MR) is 131 cm³/mol. The number of benzene rings is 2. The van der Waals surface area contributed by atoms with Gasteiger partial charge in [0.15, 0.2) is 11.5 Å². The Bertz CT molecular complexity index is 921. The average molecular weight is 505 g/mol. The van der Waals surface area contributed by atoms with Gasteiger partial charge >= 0.3 is 6.03 Å². The second-order valence-electron chi connectivity index (χ2n) is 8.23. The van der Waals surface area contributed by atoms with E-state index in [-0.39, 0.29) is 6.03 Å². The van der Waals surface area contributed by atoms with E-state index in [4.69, 9.17) is 14.2 Å². The van der Waals surface area contributed by atoms with Crippen molar-refractivity contribution in [2.75, 3.05) is 38.8 Å². The zero-order valence-corrected chi connectivity index (χ0v) is 21.0. The van der Waals surface area contributed by atoms with Crippen LogP contribution in [0.3, 0.4) is 0 Å². The van der Waals surface area contributed by atoms with Crippen LogP contribution in [0.2, 0.25) is 0 Å². The van der Waals surface area contributed by atoms with Crippen LogP contribution >= 0.6 is 15.9 Å². The molecule has 0 bridgehead atoms. The number of carbonyl (C=O) groups is 1. The molecule has 3 rings (SSSR count). The summed E-state index contributed by atoms with van der Waals surface area (Å²) in [5, 5.41) is 0. The standard InChI is InChI=1S/C25H33BrN2O4/c1-5-6-7-12-32-24-14-21(10-11-22(24)30-3)28-16-18(2)15-27(25(28)29)17-19-8-9-20(26)13-23(19)31-4/h8-11,13-14,18H,5-7,12,15-17H2,1-4H3. The van der Waals surface area contributed by atoms with Crippen LogP contribution in [0.5, 0.6) is 17.2 Å². The number of halogens is 1. The number of unbranched alkanes of at least 4 members (excludes halogenated alkanes) is 2. The highest BCUT2D eigenvalue weighted by Gasteiger charge is 2.31. The van der Waals surface area contributed by atoms with Crippen molar-refractivity contribution in [2.24, 2.45) is 5.92 Å². The highest BCUT2D eigenvalue weighted by molar-refractivity contribution is 9.10. The van der Waals surface area contributed by atoms with Crippen molar-refractivity contribution in [2.45, 2.75) is 39.7 Å². The molecule has 2 aromatic carbocycles. The largest absolute Gasteiger partial charge is 0.496 e. The first kappa shape index (κ1) is 24.2. The summed E-state index contributed by atoms with van der Waals surface area (Å²) in [6.45, 7) is 6.82. The molecule has 1 saturated heterocycles. The predicted octanol–water partition coefficient (Wildman–Crippen LogP) is 6.11. The number of anilines is 1. The zero-order valence-electron chi connectivity index (χ0n) is 19.4. The number of rotatable bonds is 10. The molecule has 1 heterocycles. The normalized spacial score (nSPS) is 16.3. The molecule has 0 radical (unpaired) electrons. The first-order valence-electron chi connectivity index (χ1n) is 11.2. The Labute approximate surface area is 199 Å². The van der Waals surface area contributed by atoms with Crippen LogP contribution < -0.4 is 19.1 Å². The lowest BCUT2D eigenvalue weighted by Crippen LogP contribution is -2.52. The smallest absolute Gasteiger partial charge is 0.324 e. The summed E-state index contributed by atoms with van der Waals surface area (Å²) in [5.74, 6) is 2.45. The van der Waals surface area contributed by atoms with E-state index < -0.39 is 0 Å². The number of amides is 2. The van der Waals surface area contributed by atoms with Crippen LogP contribution in [0, 0.1) is 5.92 Å². The summed E-state index contributed by atoms with van der Waals surface area (Å²) in [6, 6.07) is 11.6. The van der Waals surface area contributed by atoms with Crippen molar-refractivity contribution < 1.29 is 19.0 Å². The molecule has 1 atom stereocenters. The molecule has 0 N–H and O–H groups in total. The van der Waals surface area contributed by atoms with Crippen LogP contribution in [0.1, 0.15) is 38.7 Å². The lowest BCUT2D eigenvalue weighted by atomic mass is 10.1. The maximum absolute atomic E-state index is 13.4. The molecule has 6 nitrogen and oxygen atoms in total. The summed E-state index contributed by atoms with van der Waals surface area (Å²) < 4.78 is 17.9. The van der Waals surface area contributed by atoms with Crippen molar-refractivity contribution in [3.05, 3.63) is 46.4 Å². The van der Waals surface area contributed by atoms with Gasteiger partial charge < -0.3 is 19.1 Å². The van der Waals surface area contributed by atoms with E-state index in [1.807, 2.05) is 46.2 Å². The number of hydrogen-bond acceptors (Lipinski definition) is 4. The minimum Gasteiger partial charge on any atom is -0.496 e. The third kappa shape index (κ3) is 5.88.